The van der Waals surface area contributed by atoms with Crippen LogP contribution < -0.4 is 10.6 Å². The monoisotopic (exact) mass is 342 g/mol. The van der Waals surface area contributed by atoms with Crippen molar-refractivity contribution in [2.24, 2.45) is 0 Å². The average Bonchev–Trinajstić information content (AvgIpc) is 3.04. The molecular formula is C17H21F3N2O2. The quantitative estimate of drug-likeness (QED) is 0.717. The lowest BCUT2D eigenvalue weighted by molar-refractivity contribution is -0.137. The van der Waals surface area contributed by atoms with Crippen LogP contribution in [0.3, 0.4) is 0 Å². The highest BCUT2D eigenvalue weighted by Crippen LogP contribution is 2.30. The van der Waals surface area contributed by atoms with Crippen LogP contribution in [0.1, 0.15) is 43.4 Å². The van der Waals surface area contributed by atoms with E-state index in [1.54, 1.807) is 6.92 Å². The van der Waals surface area contributed by atoms with Crippen LogP contribution in [0.2, 0.25) is 0 Å². The van der Waals surface area contributed by atoms with Crippen LogP contribution in [0.4, 0.5) is 18.0 Å². The van der Waals surface area contributed by atoms with Crippen molar-refractivity contribution in [2.45, 2.75) is 50.6 Å². The molecule has 0 bridgehead atoms. The number of rotatable bonds is 5. The third-order valence-electron chi connectivity index (χ3n) is 4.06. The molecule has 132 valence electrons. The Bertz CT molecular complexity index is 576. The molecule has 0 saturated carbocycles. The molecule has 0 radical (unpaired) electrons. The number of carbonyl (C=O) groups excluding carboxylic acids is 1. The average molecular weight is 342 g/mol. The minimum atomic E-state index is -4.42. The molecule has 2 unspecified atom stereocenters. The molecule has 1 aromatic rings. The van der Waals surface area contributed by atoms with Crippen molar-refractivity contribution in [3.05, 3.63) is 47.5 Å². The van der Waals surface area contributed by atoms with Gasteiger partial charge in [-0.3, -0.25) is 0 Å². The number of urea groups is 1. The lowest BCUT2D eigenvalue weighted by Crippen LogP contribution is -2.47. The van der Waals surface area contributed by atoms with Gasteiger partial charge >= 0.3 is 12.2 Å². The number of benzene rings is 1. The molecule has 3 N–H and O–H groups in total. The van der Waals surface area contributed by atoms with Gasteiger partial charge in [0.15, 0.2) is 0 Å². The fourth-order valence-electron chi connectivity index (χ4n) is 2.64. The Morgan fingerprint density at radius 1 is 1.25 bits per heavy atom. The van der Waals surface area contributed by atoms with Gasteiger partial charge in [-0.1, -0.05) is 31.2 Å². The maximum atomic E-state index is 12.6. The molecule has 2 atom stereocenters. The number of amides is 2. The summed E-state index contributed by atoms with van der Waals surface area (Å²) in [5.74, 6) is 0. The summed E-state index contributed by atoms with van der Waals surface area (Å²) < 4.78 is 37.7. The highest BCUT2D eigenvalue weighted by atomic mass is 19.4. The number of aliphatic hydroxyl groups excluding tert-OH is 1. The van der Waals surface area contributed by atoms with E-state index in [2.05, 4.69) is 10.6 Å². The summed E-state index contributed by atoms with van der Waals surface area (Å²) in [6.07, 6.45) is 0.458. The Morgan fingerprint density at radius 2 is 1.83 bits per heavy atom. The summed E-state index contributed by atoms with van der Waals surface area (Å²) in [7, 11) is 0. The van der Waals surface area contributed by atoms with Crippen molar-refractivity contribution in [3.8, 4) is 0 Å². The van der Waals surface area contributed by atoms with Gasteiger partial charge in [0.05, 0.1) is 17.7 Å². The van der Waals surface area contributed by atoms with E-state index in [0.29, 0.717) is 12.0 Å². The molecule has 1 aliphatic rings. The van der Waals surface area contributed by atoms with E-state index in [1.165, 1.54) is 12.1 Å². The second-order valence-corrected chi connectivity index (χ2v) is 5.84. The van der Waals surface area contributed by atoms with E-state index in [0.717, 1.165) is 25.0 Å². The van der Waals surface area contributed by atoms with Crippen molar-refractivity contribution in [1.82, 2.24) is 10.6 Å². The standard InChI is InChI=1S/C17H21F3N2O2/c1-2-14(22-16(24)21-13-5-3-4-6-13)15(23)11-7-9-12(10-8-11)17(18,19)20/h3-4,7-10,13-15,23H,2,5-6H2,1H3,(H2,21,22,24). The lowest BCUT2D eigenvalue weighted by Gasteiger charge is -2.24. The third kappa shape index (κ3) is 4.74. The first kappa shape index (κ1) is 18.3. The minimum Gasteiger partial charge on any atom is -0.386 e. The minimum absolute atomic E-state index is 0.0470. The molecule has 2 rings (SSSR count). The van der Waals surface area contributed by atoms with Crippen molar-refractivity contribution in [3.63, 3.8) is 0 Å². The maximum Gasteiger partial charge on any atom is 0.416 e. The highest BCUT2D eigenvalue weighted by Gasteiger charge is 2.30. The predicted octanol–water partition coefficient (Wildman–Crippen LogP) is 3.54. The molecule has 0 fully saturated rings. The first-order valence-electron chi connectivity index (χ1n) is 7.88. The Balaban J connectivity index is 1.97. The van der Waals surface area contributed by atoms with Gasteiger partial charge in [0, 0.05) is 6.04 Å². The molecule has 0 spiro atoms. The van der Waals surface area contributed by atoms with E-state index < -0.39 is 23.9 Å². The molecule has 1 aliphatic carbocycles. The molecule has 1 aromatic carbocycles. The maximum absolute atomic E-state index is 12.6. The molecular weight excluding hydrogens is 321 g/mol. The first-order chi connectivity index (χ1) is 11.3. The van der Waals surface area contributed by atoms with Gasteiger partial charge in [0.25, 0.3) is 0 Å². The Kier molecular flexibility index (Phi) is 5.88. The van der Waals surface area contributed by atoms with Gasteiger partial charge in [-0.05, 0) is 37.0 Å². The van der Waals surface area contributed by atoms with E-state index in [4.69, 9.17) is 0 Å². The molecule has 7 heteroatoms. The van der Waals surface area contributed by atoms with Crippen LogP contribution in [0.15, 0.2) is 36.4 Å². The number of halogens is 3. The molecule has 24 heavy (non-hydrogen) atoms. The summed E-state index contributed by atoms with van der Waals surface area (Å²) in [5.41, 5.74) is -0.441. The summed E-state index contributed by atoms with van der Waals surface area (Å²) in [4.78, 5) is 12.0. The van der Waals surface area contributed by atoms with Gasteiger partial charge in [0.1, 0.15) is 0 Å². The fraction of sp³-hybridized carbons (Fsp3) is 0.471. The predicted molar refractivity (Wildman–Crippen MR) is 84.3 cm³/mol. The van der Waals surface area contributed by atoms with Gasteiger partial charge in [0.2, 0.25) is 0 Å². The molecule has 0 aliphatic heterocycles. The number of carbonyl (C=O) groups is 1. The largest absolute Gasteiger partial charge is 0.416 e. The van der Waals surface area contributed by atoms with Crippen molar-refractivity contribution in [2.75, 3.05) is 0 Å². The Labute approximate surface area is 138 Å². The van der Waals surface area contributed by atoms with Crippen LogP contribution in [0.25, 0.3) is 0 Å². The topological polar surface area (TPSA) is 61.4 Å². The summed E-state index contributed by atoms with van der Waals surface area (Å²) in [5, 5.41) is 15.8. The zero-order valence-corrected chi connectivity index (χ0v) is 13.3. The smallest absolute Gasteiger partial charge is 0.386 e. The van der Waals surface area contributed by atoms with Crippen LogP contribution in [0.5, 0.6) is 0 Å². The molecule has 4 nitrogen and oxygen atoms in total. The van der Waals surface area contributed by atoms with E-state index >= 15 is 0 Å². The van der Waals surface area contributed by atoms with E-state index in [-0.39, 0.29) is 12.1 Å². The molecule has 0 saturated heterocycles. The second kappa shape index (κ2) is 7.70. The van der Waals surface area contributed by atoms with Gasteiger partial charge in [-0.25, -0.2) is 4.79 Å². The summed E-state index contributed by atoms with van der Waals surface area (Å²) in [6, 6.07) is 3.39. The third-order valence-corrected chi connectivity index (χ3v) is 4.06. The first-order valence-corrected chi connectivity index (χ1v) is 7.88. The number of aliphatic hydroxyl groups is 1. The van der Waals surface area contributed by atoms with Gasteiger partial charge in [-0.15, -0.1) is 0 Å². The number of hydrogen-bond donors (Lipinski definition) is 3. The number of alkyl halides is 3. The van der Waals surface area contributed by atoms with Crippen LogP contribution in [0, 0.1) is 0 Å². The highest BCUT2D eigenvalue weighted by molar-refractivity contribution is 5.74. The van der Waals surface area contributed by atoms with Crippen molar-refractivity contribution in [1.29, 1.82) is 0 Å². The van der Waals surface area contributed by atoms with Crippen molar-refractivity contribution >= 4 is 6.03 Å². The van der Waals surface area contributed by atoms with Crippen LogP contribution >= 0.6 is 0 Å². The molecule has 2 amide bonds. The van der Waals surface area contributed by atoms with Crippen LogP contribution in [-0.2, 0) is 6.18 Å². The Morgan fingerprint density at radius 3 is 2.33 bits per heavy atom. The zero-order chi connectivity index (χ0) is 17.7. The SMILES string of the molecule is CCC(NC(=O)NC1CC=CC1)C(O)c1ccc(C(F)(F)F)cc1. The Hall–Kier alpha value is -2.02. The van der Waals surface area contributed by atoms with E-state index in [1.807, 2.05) is 12.2 Å². The zero-order valence-electron chi connectivity index (χ0n) is 13.3. The van der Waals surface area contributed by atoms with Gasteiger partial charge < -0.3 is 15.7 Å². The molecule has 0 heterocycles. The second-order valence-electron chi connectivity index (χ2n) is 5.84. The van der Waals surface area contributed by atoms with Crippen molar-refractivity contribution < 1.29 is 23.1 Å². The normalized spacial score (nSPS) is 17.5. The van der Waals surface area contributed by atoms with Gasteiger partial charge in [-0.2, -0.15) is 13.2 Å². The molecule has 0 aromatic heterocycles. The number of hydrogen-bond acceptors (Lipinski definition) is 2. The summed E-state index contributed by atoms with van der Waals surface area (Å²) in [6.45, 7) is 1.79. The lowest BCUT2D eigenvalue weighted by atomic mass is 9.99. The summed E-state index contributed by atoms with van der Waals surface area (Å²) >= 11 is 0. The van der Waals surface area contributed by atoms with Crippen LogP contribution in [-0.4, -0.2) is 23.2 Å². The number of nitrogens with one attached hydrogen (secondary N) is 2. The fourth-order valence-corrected chi connectivity index (χ4v) is 2.64. The van der Waals surface area contributed by atoms with E-state index in [9.17, 15) is 23.1 Å².